The Morgan fingerprint density at radius 2 is 2.11 bits per heavy atom. The molecule has 0 spiro atoms. The predicted octanol–water partition coefficient (Wildman–Crippen LogP) is 1.51. The first-order valence-corrected chi connectivity index (χ1v) is 7.23. The predicted molar refractivity (Wildman–Crippen MR) is 73.5 cm³/mol. The Balaban J connectivity index is 2.59. The van der Waals surface area contributed by atoms with Crippen LogP contribution in [0.15, 0.2) is 0 Å². The maximum absolute atomic E-state index is 12.5. The molecule has 0 saturated carbocycles. The molecule has 1 heterocycles. The molecule has 3 unspecified atom stereocenters. The highest BCUT2D eigenvalue weighted by Gasteiger charge is 2.35. The lowest BCUT2D eigenvalue weighted by Gasteiger charge is -2.28. The van der Waals surface area contributed by atoms with Gasteiger partial charge in [-0.1, -0.05) is 27.2 Å². The summed E-state index contributed by atoms with van der Waals surface area (Å²) < 4.78 is 5.46. The third-order valence-corrected chi connectivity index (χ3v) is 3.79. The monoisotopic (exact) mass is 256 g/mol. The van der Waals surface area contributed by atoms with Crippen LogP contribution in [-0.4, -0.2) is 49.7 Å². The van der Waals surface area contributed by atoms with Crippen molar-refractivity contribution in [2.75, 3.05) is 32.8 Å². The molecule has 4 nitrogen and oxygen atoms in total. The first-order valence-electron chi connectivity index (χ1n) is 7.23. The SMILES string of the molecule is CCNC1COCC1C(=O)N(CC)CC(C)CC. The van der Waals surface area contributed by atoms with Gasteiger partial charge in [0.05, 0.1) is 19.1 Å². The van der Waals surface area contributed by atoms with Crippen molar-refractivity contribution < 1.29 is 9.53 Å². The first kappa shape index (κ1) is 15.4. The molecule has 1 aliphatic rings. The maximum Gasteiger partial charge on any atom is 0.229 e. The normalized spacial score (nSPS) is 25.1. The van der Waals surface area contributed by atoms with Crippen molar-refractivity contribution in [2.24, 2.45) is 11.8 Å². The van der Waals surface area contributed by atoms with Crippen molar-refractivity contribution in [1.29, 1.82) is 0 Å². The summed E-state index contributed by atoms with van der Waals surface area (Å²) >= 11 is 0. The largest absolute Gasteiger partial charge is 0.379 e. The minimum atomic E-state index is -0.00560. The zero-order chi connectivity index (χ0) is 13.5. The van der Waals surface area contributed by atoms with Gasteiger partial charge < -0.3 is 15.0 Å². The molecular formula is C14H28N2O2. The van der Waals surface area contributed by atoms with Gasteiger partial charge in [-0.25, -0.2) is 0 Å². The summed E-state index contributed by atoms with van der Waals surface area (Å²) in [4.78, 5) is 14.5. The fourth-order valence-electron chi connectivity index (χ4n) is 2.38. The van der Waals surface area contributed by atoms with Crippen molar-refractivity contribution in [3.8, 4) is 0 Å². The fraction of sp³-hybridized carbons (Fsp3) is 0.929. The van der Waals surface area contributed by atoms with Crippen LogP contribution >= 0.6 is 0 Å². The second-order valence-electron chi connectivity index (χ2n) is 5.20. The molecule has 0 bridgehead atoms. The van der Waals surface area contributed by atoms with Crippen molar-refractivity contribution in [3.63, 3.8) is 0 Å². The molecule has 0 aromatic carbocycles. The molecule has 1 N–H and O–H groups in total. The number of ether oxygens (including phenoxy) is 1. The van der Waals surface area contributed by atoms with E-state index in [0.717, 1.165) is 26.1 Å². The van der Waals surface area contributed by atoms with Crippen LogP contribution in [0.25, 0.3) is 0 Å². The summed E-state index contributed by atoms with van der Waals surface area (Å²) in [7, 11) is 0. The lowest BCUT2D eigenvalue weighted by molar-refractivity contribution is -0.136. The van der Waals surface area contributed by atoms with Crippen LogP contribution in [-0.2, 0) is 9.53 Å². The Morgan fingerprint density at radius 3 is 2.67 bits per heavy atom. The number of hydrogen-bond donors (Lipinski definition) is 1. The van der Waals surface area contributed by atoms with E-state index in [2.05, 4.69) is 33.0 Å². The average Bonchev–Trinajstić information content (AvgIpc) is 2.83. The number of carbonyl (C=O) groups is 1. The fourth-order valence-corrected chi connectivity index (χ4v) is 2.38. The molecular weight excluding hydrogens is 228 g/mol. The molecule has 0 aliphatic carbocycles. The van der Waals surface area contributed by atoms with Crippen LogP contribution in [0.4, 0.5) is 0 Å². The maximum atomic E-state index is 12.5. The molecule has 18 heavy (non-hydrogen) atoms. The van der Waals surface area contributed by atoms with E-state index in [0.29, 0.717) is 19.1 Å². The third-order valence-electron chi connectivity index (χ3n) is 3.79. The Bertz CT molecular complexity index is 258. The number of amides is 1. The van der Waals surface area contributed by atoms with Crippen molar-refractivity contribution in [3.05, 3.63) is 0 Å². The minimum absolute atomic E-state index is 0.00560. The Kier molecular flexibility index (Phi) is 6.65. The standard InChI is InChI=1S/C14H28N2O2/c1-5-11(4)8-16(7-3)14(17)12-9-18-10-13(12)15-6-2/h11-13,15H,5-10H2,1-4H3. The molecule has 1 rings (SSSR count). The molecule has 0 aromatic rings. The topological polar surface area (TPSA) is 41.6 Å². The van der Waals surface area contributed by atoms with Crippen LogP contribution < -0.4 is 5.32 Å². The van der Waals surface area contributed by atoms with E-state index in [4.69, 9.17) is 4.74 Å². The number of likely N-dealkylation sites (N-methyl/N-ethyl adjacent to an activating group) is 1. The van der Waals surface area contributed by atoms with Gasteiger partial charge in [0, 0.05) is 19.1 Å². The zero-order valence-electron chi connectivity index (χ0n) is 12.2. The molecule has 1 saturated heterocycles. The van der Waals surface area contributed by atoms with E-state index < -0.39 is 0 Å². The average molecular weight is 256 g/mol. The van der Waals surface area contributed by atoms with E-state index in [1.165, 1.54) is 0 Å². The third kappa shape index (κ3) is 3.95. The highest BCUT2D eigenvalue weighted by atomic mass is 16.5. The van der Waals surface area contributed by atoms with Crippen molar-refractivity contribution >= 4 is 5.91 Å². The molecule has 0 aromatic heterocycles. The van der Waals surface area contributed by atoms with Crippen LogP contribution in [0.5, 0.6) is 0 Å². The second kappa shape index (κ2) is 7.74. The molecule has 106 valence electrons. The van der Waals surface area contributed by atoms with E-state index in [1.807, 2.05) is 4.90 Å². The van der Waals surface area contributed by atoms with Gasteiger partial charge in [0.15, 0.2) is 0 Å². The van der Waals surface area contributed by atoms with E-state index in [1.54, 1.807) is 0 Å². The molecule has 1 fully saturated rings. The molecule has 0 radical (unpaired) electrons. The zero-order valence-corrected chi connectivity index (χ0v) is 12.2. The highest BCUT2D eigenvalue weighted by Crippen LogP contribution is 2.18. The Morgan fingerprint density at radius 1 is 1.39 bits per heavy atom. The molecule has 3 atom stereocenters. The van der Waals surface area contributed by atoms with Gasteiger partial charge >= 0.3 is 0 Å². The van der Waals surface area contributed by atoms with Crippen LogP contribution in [0, 0.1) is 11.8 Å². The van der Waals surface area contributed by atoms with Gasteiger partial charge in [-0.2, -0.15) is 0 Å². The summed E-state index contributed by atoms with van der Waals surface area (Å²) in [6.07, 6.45) is 1.11. The number of nitrogens with one attached hydrogen (secondary N) is 1. The van der Waals surface area contributed by atoms with Crippen molar-refractivity contribution in [1.82, 2.24) is 10.2 Å². The lowest BCUT2D eigenvalue weighted by Crippen LogP contribution is -2.46. The summed E-state index contributed by atoms with van der Waals surface area (Å²) in [5.74, 6) is 0.809. The van der Waals surface area contributed by atoms with Crippen LogP contribution in [0.2, 0.25) is 0 Å². The minimum Gasteiger partial charge on any atom is -0.379 e. The van der Waals surface area contributed by atoms with Crippen molar-refractivity contribution in [2.45, 2.75) is 40.2 Å². The summed E-state index contributed by atoms with van der Waals surface area (Å²) in [6, 6.07) is 0.188. The van der Waals surface area contributed by atoms with E-state index in [9.17, 15) is 4.79 Å². The molecule has 1 amide bonds. The number of nitrogens with zero attached hydrogens (tertiary/aromatic N) is 1. The van der Waals surface area contributed by atoms with Gasteiger partial charge in [-0.3, -0.25) is 4.79 Å². The number of hydrogen-bond acceptors (Lipinski definition) is 3. The smallest absolute Gasteiger partial charge is 0.229 e. The lowest BCUT2D eigenvalue weighted by atomic mass is 10.0. The second-order valence-corrected chi connectivity index (χ2v) is 5.20. The summed E-state index contributed by atoms with van der Waals surface area (Å²) in [6.45, 7) is 12.2. The Labute approximate surface area is 111 Å². The van der Waals surface area contributed by atoms with Gasteiger partial charge in [0.1, 0.15) is 0 Å². The Hall–Kier alpha value is -0.610. The first-order chi connectivity index (χ1) is 8.63. The molecule has 4 heteroatoms. The summed E-state index contributed by atoms with van der Waals surface area (Å²) in [5, 5.41) is 3.35. The van der Waals surface area contributed by atoms with Crippen LogP contribution in [0.1, 0.15) is 34.1 Å². The quantitative estimate of drug-likeness (QED) is 0.750. The van der Waals surface area contributed by atoms with Gasteiger partial charge in [0.2, 0.25) is 5.91 Å². The highest BCUT2D eigenvalue weighted by molar-refractivity contribution is 5.80. The van der Waals surface area contributed by atoms with Gasteiger partial charge in [0.25, 0.3) is 0 Å². The number of rotatable bonds is 7. The van der Waals surface area contributed by atoms with Gasteiger partial charge in [-0.05, 0) is 19.4 Å². The van der Waals surface area contributed by atoms with Gasteiger partial charge in [-0.15, -0.1) is 0 Å². The van der Waals surface area contributed by atoms with Crippen LogP contribution in [0.3, 0.4) is 0 Å². The van der Waals surface area contributed by atoms with E-state index in [-0.39, 0.29) is 17.9 Å². The summed E-state index contributed by atoms with van der Waals surface area (Å²) in [5.41, 5.74) is 0. The molecule has 1 aliphatic heterocycles. The van der Waals surface area contributed by atoms with E-state index >= 15 is 0 Å². The number of carbonyl (C=O) groups excluding carboxylic acids is 1.